The van der Waals surface area contributed by atoms with E-state index in [1.54, 1.807) is 12.1 Å². The zero-order valence-corrected chi connectivity index (χ0v) is 11.8. The third kappa shape index (κ3) is 3.49. The van der Waals surface area contributed by atoms with E-state index < -0.39 is 0 Å². The Kier molecular flexibility index (Phi) is 3.96. The van der Waals surface area contributed by atoms with Crippen LogP contribution in [0.2, 0.25) is 0 Å². The van der Waals surface area contributed by atoms with E-state index in [0.29, 0.717) is 17.2 Å². The number of phenolic OH excluding ortho intramolecular Hbond substituents is 1. The summed E-state index contributed by atoms with van der Waals surface area (Å²) in [6, 6.07) is 8.20. The van der Waals surface area contributed by atoms with Crippen molar-refractivity contribution >= 4 is 0 Å². The number of piperidine rings is 1. The highest BCUT2D eigenvalue weighted by Gasteiger charge is 2.28. The molecular weight excluding hydrogens is 222 g/mol. The van der Waals surface area contributed by atoms with Crippen molar-refractivity contribution in [3.05, 3.63) is 29.8 Å². The van der Waals surface area contributed by atoms with Gasteiger partial charge in [0.2, 0.25) is 0 Å². The fourth-order valence-electron chi connectivity index (χ4n) is 2.95. The molecule has 100 valence electrons. The van der Waals surface area contributed by atoms with Crippen LogP contribution in [-0.4, -0.2) is 29.1 Å². The summed E-state index contributed by atoms with van der Waals surface area (Å²) >= 11 is 0. The minimum absolute atomic E-state index is 0.352. The molecule has 1 aromatic carbocycles. The summed E-state index contributed by atoms with van der Waals surface area (Å²) in [5.74, 6) is 0.352. The molecule has 1 N–H and O–H groups in total. The summed E-state index contributed by atoms with van der Waals surface area (Å²) in [5.41, 5.74) is 1.77. The molecule has 1 aromatic rings. The fraction of sp³-hybridized carbons (Fsp3) is 0.625. The summed E-state index contributed by atoms with van der Waals surface area (Å²) in [7, 11) is 0. The normalized spacial score (nSPS) is 21.7. The Hall–Kier alpha value is -1.02. The molecule has 0 aromatic heterocycles. The van der Waals surface area contributed by atoms with Crippen molar-refractivity contribution < 1.29 is 5.11 Å². The number of nitrogens with zero attached hydrogens (tertiary/aromatic N) is 1. The van der Waals surface area contributed by atoms with Gasteiger partial charge in [0.25, 0.3) is 0 Å². The number of rotatable bonds is 3. The van der Waals surface area contributed by atoms with Gasteiger partial charge in [-0.1, -0.05) is 26.0 Å². The van der Waals surface area contributed by atoms with E-state index in [9.17, 15) is 5.11 Å². The lowest BCUT2D eigenvalue weighted by Crippen LogP contribution is -2.45. The van der Waals surface area contributed by atoms with E-state index in [1.807, 2.05) is 12.1 Å². The third-order valence-electron chi connectivity index (χ3n) is 4.02. The Balaban J connectivity index is 1.95. The van der Waals surface area contributed by atoms with Crippen LogP contribution in [-0.2, 0) is 6.42 Å². The Morgan fingerprint density at radius 3 is 2.56 bits per heavy atom. The van der Waals surface area contributed by atoms with Crippen molar-refractivity contribution in [2.45, 2.75) is 46.1 Å². The lowest BCUT2D eigenvalue weighted by atomic mass is 9.83. The molecule has 0 radical (unpaired) electrons. The van der Waals surface area contributed by atoms with Crippen LogP contribution in [0.25, 0.3) is 0 Å². The van der Waals surface area contributed by atoms with Crippen LogP contribution in [0.1, 0.15) is 39.2 Å². The molecule has 1 fully saturated rings. The van der Waals surface area contributed by atoms with E-state index in [4.69, 9.17) is 0 Å². The van der Waals surface area contributed by atoms with Gasteiger partial charge in [0.1, 0.15) is 5.75 Å². The van der Waals surface area contributed by atoms with Crippen LogP contribution in [0, 0.1) is 5.41 Å². The summed E-state index contributed by atoms with van der Waals surface area (Å²) in [4.78, 5) is 2.61. The van der Waals surface area contributed by atoms with Crippen molar-refractivity contribution in [1.82, 2.24) is 4.90 Å². The Morgan fingerprint density at radius 1 is 1.28 bits per heavy atom. The van der Waals surface area contributed by atoms with Crippen molar-refractivity contribution in [1.29, 1.82) is 0 Å². The molecule has 2 rings (SSSR count). The molecule has 0 amide bonds. The first-order valence-electron chi connectivity index (χ1n) is 6.98. The maximum Gasteiger partial charge on any atom is 0.115 e. The number of likely N-dealkylation sites (tertiary alicyclic amines) is 1. The molecule has 2 heteroatoms. The van der Waals surface area contributed by atoms with Gasteiger partial charge >= 0.3 is 0 Å². The van der Waals surface area contributed by atoms with Gasteiger partial charge in [-0.25, -0.2) is 0 Å². The second kappa shape index (κ2) is 5.31. The van der Waals surface area contributed by atoms with Crippen LogP contribution in [0.3, 0.4) is 0 Å². The van der Waals surface area contributed by atoms with E-state index in [0.717, 1.165) is 6.42 Å². The maximum absolute atomic E-state index is 9.30. The van der Waals surface area contributed by atoms with Gasteiger partial charge in [-0.2, -0.15) is 0 Å². The summed E-state index contributed by atoms with van der Waals surface area (Å²) < 4.78 is 0. The van der Waals surface area contributed by atoms with Gasteiger partial charge < -0.3 is 5.11 Å². The molecule has 0 spiro atoms. The minimum Gasteiger partial charge on any atom is -0.508 e. The quantitative estimate of drug-likeness (QED) is 0.884. The third-order valence-corrected chi connectivity index (χ3v) is 4.02. The second-order valence-electron chi connectivity index (χ2n) is 6.46. The summed E-state index contributed by atoms with van der Waals surface area (Å²) in [5, 5.41) is 9.30. The molecule has 1 aliphatic rings. The molecule has 1 saturated heterocycles. The van der Waals surface area contributed by atoms with Crippen LogP contribution >= 0.6 is 0 Å². The van der Waals surface area contributed by atoms with Gasteiger partial charge in [0.05, 0.1) is 0 Å². The Labute approximate surface area is 111 Å². The molecule has 2 nitrogen and oxygen atoms in total. The molecule has 1 heterocycles. The molecule has 0 saturated carbocycles. The minimum atomic E-state index is 0.352. The molecule has 18 heavy (non-hydrogen) atoms. The average Bonchev–Trinajstić information content (AvgIpc) is 2.31. The van der Waals surface area contributed by atoms with E-state index in [-0.39, 0.29) is 0 Å². The average molecular weight is 247 g/mol. The van der Waals surface area contributed by atoms with Crippen molar-refractivity contribution in [3.8, 4) is 5.75 Å². The molecular formula is C16H25NO. The monoisotopic (exact) mass is 247 g/mol. The fourth-order valence-corrected chi connectivity index (χ4v) is 2.95. The van der Waals surface area contributed by atoms with Crippen molar-refractivity contribution in [3.63, 3.8) is 0 Å². The maximum atomic E-state index is 9.30. The smallest absolute Gasteiger partial charge is 0.115 e. The van der Waals surface area contributed by atoms with Crippen molar-refractivity contribution in [2.75, 3.05) is 13.1 Å². The number of phenols is 1. The van der Waals surface area contributed by atoms with Gasteiger partial charge in [-0.3, -0.25) is 4.90 Å². The highest BCUT2D eigenvalue weighted by Crippen LogP contribution is 2.30. The van der Waals surface area contributed by atoms with Gasteiger partial charge in [-0.15, -0.1) is 0 Å². The lowest BCUT2D eigenvalue weighted by Gasteiger charge is -2.41. The van der Waals surface area contributed by atoms with Gasteiger partial charge in [-0.05, 0) is 55.8 Å². The topological polar surface area (TPSA) is 23.5 Å². The molecule has 1 aliphatic heterocycles. The zero-order valence-electron chi connectivity index (χ0n) is 11.8. The van der Waals surface area contributed by atoms with E-state index in [1.165, 1.54) is 31.5 Å². The van der Waals surface area contributed by atoms with Crippen molar-refractivity contribution in [2.24, 2.45) is 5.41 Å². The first-order valence-corrected chi connectivity index (χ1v) is 6.98. The number of hydrogen-bond donors (Lipinski definition) is 1. The largest absolute Gasteiger partial charge is 0.508 e. The first-order chi connectivity index (χ1) is 8.46. The highest BCUT2D eigenvalue weighted by atomic mass is 16.3. The number of benzene rings is 1. The standard InChI is InChI=1S/C16H25NO/c1-13(11-14-5-7-15(18)8-6-14)17-10-4-9-16(2,3)12-17/h5-8,13,18H,4,9-12H2,1-3H3. The molecule has 1 atom stereocenters. The van der Waals surface area contributed by atoms with Gasteiger partial charge in [0, 0.05) is 12.6 Å². The van der Waals surface area contributed by atoms with Crippen LogP contribution in [0.5, 0.6) is 5.75 Å². The van der Waals surface area contributed by atoms with Crippen LogP contribution in [0.4, 0.5) is 0 Å². The summed E-state index contributed by atoms with van der Waals surface area (Å²) in [6.07, 6.45) is 3.72. The molecule has 0 bridgehead atoms. The SMILES string of the molecule is CC(Cc1ccc(O)cc1)N1CCCC(C)(C)C1. The second-order valence-corrected chi connectivity index (χ2v) is 6.46. The van der Waals surface area contributed by atoms with Crippen LogP contribution in [0.15, 0.2) is 24.3 Å². The first kappa shape index (κ1) is 13.4. The van der Waals surface area contributed by atoms with E-state index >= 15 is 0 Å². The van der Waals surface area contributed by atoms with Crippen LogP contribution < -0.4 is 0 Å². The highest BCUT2D eigenvalue weighted by molar-refractivity contribution is 5.26. The predicted molar refractivity (Wildman–Crippen MR) is 75.9 cm³/mol. The zero-order chi connectivity index (χ0) is 13.2. The Bertz CT molecular complexity index is 383. The predicted octanol–water partition coefficient (Wildman–Crippen LogP) is 3.45. The molecule has 1 unspecified atom stereocenters. The lowest BCUT2D eigenvalue weighted by molar-refractivity contribution is 0.0846. The van der Waals surface area contributed by atoms with Gasteiger partial charge in [0.15, 0.2) is 0 Å². The number of aromatic hydroxyl groups is 1. The van der Waals surface area contributed by atoms with E-state index in [2.05, 4.69) is 25.7 Å². The summed E-state index contributed by atoms with van der Waals surface area (Å²) in [6.45, 7) is 9.47. The Morgan fingerprint density at radius 2 is 1.94 bits per heavy atom. The molecule has 0 aliphatic carbocycles. The number of hydrogen-bond acceptors (Lipinski definition) is 2.